The Hall–Kier alpha value is -4.41. The summed E-state index contributed by atoms with van der Waals surface area (Å²) in [6.07, 6.45) is 10.1. The van der Waals surface area contributed by atoms with Crippen LogP contribution in [0.5, 0.6) is 34.5 Å². The topological polar surface area (TPSA) is 133 Å². The normalized spacial score (nSPS) is 38.1. The second-order valence-corrected chi connectivity index (χ2v) is 20.1. The number of hydrogen-bond donors (Lipinski definition) is 3. The zero-order valence-corrected chi connectivity index (χ0v) is 35.2. The smallest absolute Gasteiger partial charge is 0.309 e. The first-order chi connectivity index (χ1) is 28.1. The van der Waals surface area contributed by atoms with Gasteiger partial charge in [0, 0.05) is 17.3 Å². The summed E-state index contributed by atoms with van der Waals surface area (Å²) in [4.78, 5) is 12.3. The summed E-state index contributed by atoms with van der Waals surface area (Å²) in [6.45, 7) is 15.5. The number of aromatic hydroxyl groups is 2. The largest absolute Gasteiger partial charge is 0.504 e. The van der Waals surface area contributed by atoms with E-state index in [1.54, 1.807) is 0 Å². The van der Waals surface area contributed by atoms with Crippen LogP contribution in [-0.4, -0.2) is 48.1 Å². The molecule has 59 heavy (non-hydrogen) atoms. The minimum atomic E-state index is -0.641. The van der Waals surface area contributed by atoms with Crippen molar-refractivity contribution in [3.05, 3.63) is 81.9 Å². The number of allylic oxidation sites excluding steroid dienone is 2. The number of carboxylic acids is 1. The number of aliphatic carboxylic acids is 1. The molecule has 10 heteroatoms. The fourth-order valence-corrected chi connectivity index (χ4v) is 13.3. The molecule has 3 aromatic rings. The highest BCUT2D eigenvalue weighted by atomic mass is 16.7. The molecule has 3 saturated carbocycles. The van der Waals surface area contributed by atoms with Gasteiger partial charge in [0.05, 0.1) is 30.8 Å². The van der Waals surface area contributed by atoms with Gasteiger partial charge >= 0.3 is 5.97 Å². The maximum Gasteiger partial charge on any atom is 0.309 e. The molecule has 4 heterocycles. The van der Waals surface area contributed by atoms with Gasteiger partial charge in [0.15, 0.2) is 34.5 Å². The molecule has 2 saturated heterocycles. The Morgan fingerprint density at radius 1 is 0.712 bits per heavy atom. The van der Waals surface area contributed by atoms with Gasteiger partial charge in [-0.1, -0.05) is 51.5 Å². The summed E-state index contributed by atoms with van der Waals surface area (Å²) < 4.78 is 34.2. The van der Waals surface area contributed by atoms with Crippen LogP contribution in [0.3, 0.4) is 0 Å². The molecule has 8 aliphatic rings. The number of fused-ring (bicyclic) bond motifs is 10. The number of rotatable bonds is 3. The molecule has 4 aliphatic heterocycles. The van der Waals surface area contributed by atoms with Crippen molar-refractivity contribution in [3.8, 4) is 34.5 Å². The second kappa shape index (κ2) is 13.3. The molecule has 4 aliphatic carbocycles. The number of benzene rings is 3. The Bertz CT molecular complexity index is 2190. The van der Waals surface area contributed by atoms with Crippen molar-refractivity contribution in [3.63, 3.8) is 0 Å². The molecule has 0 amide bonds. The maximum atomic E-state index is 12.3. The average Bonchev–Trinajstić information content (AvgIpc) is 4.04. The molecule has 10 unspecified atom stereocenters. The average molecular weight is 807 g/mol. The van der Waals surface area contributed by atoms with Gasteiger partial charge in [-0.15, -0.1) is 0 Å². The molecule has 0 bridgehead atoms. The summed E-state index contributed by atoms with van der Waals surface area (Å²) in [5.74, 6) is 3.54. The van der Waals surface area contributed by atoms with E-state index in [4.69, 9.17) is 28.4 Å². The Kier molecular flexibility index (Phi) is 8.74. The van der Waals surface area contributed by atoms with Crippen molar-refractivity contribution in [2.45, 2.75) is 111 Å². The molecule has 0 aromatic heterocycles. The molecule has 0 radical (unpaired) electrons. The van der Waals surface area contributed by atoms with Gasteiger partial charge < -0.3 is 43.7 Å². The first-order valence-corrected chi connectivity index (χ1v) is 21.6. The Morgan fingerprint density at radius 2 is 1.29 bits per heavy atom. The summed E-state index contributed by atoms with van der Waals surface area (Å²) in [5.41, 5.74) is 6.25. The lowest BCUT2D eigenvalue weighted by molar-refractivity contribution is -0.177. The van der Waals surface area contributed by atoms with Crippen LogP contribution in [0.25, 0.3) is 0 Å². The fourth-order valence-electron chi connectivity index (χ4n) is 13.3. The van der Waals surface area contributed by atoms with Gasteiger partial charge in [-0.3, -0.25) is 4.79 Å². The highest BCUT2D eigenvalue weighted by Crippen LogP contribution is 2.74. The maximum absolute atomic E-state index is 12.3. The van der Waals surface area contributed by atoms with Gasteiger partial charge in [0.25, 0.3) is 0 Å². The third-order valence-electron chi connectivity index (χ3n) is 17.3. The highest BCUT2D eigenvalue weighted by molar-refractivity contribution is 5.74. The molecule has 314 valence electrons. The van der Waals surface area contributed by atoms with E-state index in [1.807, 2.05) is 44.2 Å². The van der Waals surface area contributed by atoms with E-state index in [0.29, 0.717) is 31.0 Å². The summed E-state index contributed by atoms with van der Waals surface area (Å²) in [6, 6.07) is 13.9. The Labute approximate surface area is 346 Å². The van der Waals surface area contributed by atoms with Gasteiger partial charge in [0.2, 0.25) is 13.6 Å². The van der Waals surface area contributed by atoms with Crippen molar-refractivity contribution in [2.24, 2.45) is 39.4 Å². The molecule has 3 aromatic carbocycles. The van der Waals surface area contributed by atoms with Gasteiger partial charge in [-0.25, -0.2) is 0 Å². The van der Waals surface area contributed by atoms with Crippen molar-refractivity contribution < 1.29 is 48.5 Å². The van der Waals surface area contributed by atoms with Crippen LogP contribution in [0.2, 0.25) is 0 Å². The third-order valence-corrected chi connectivity index (χ3v) is 17.3. The minimum Gasteiger partial charge on any atom is -0.504 e. The van der Waals surface area contributed by atoms with Crippen LogP contribution in [0.4, 0.5) is 0 Å². The Morgan fingerprint density at radius 3 is 1.88 bits per heavy atom. The van der Waals surface area contributed by atoms with E-state index < -0.39 is 11.4 Å². The van der Waals surface area contributed by atoms with E-state index in [2.05, 4.69) is 45.9 Å². The van der Waals surface area contributed by atoms with Gasteiger partial charge in [-0.05, 0) is 146 Å². The van der Waals surface area contributed by atoms with Crippen LogP contribution in [0.1, 0.15) is 120 Å². The SMILES string of the molecule is Cc1c(O)c(O)cc2c1CC=C1C2(C)CCC2(C)C3CC(C)(C(=O)O)CCC3(C)CCC12C.c1cc2c(cc1C1OCC3C(c4ccc5c(c4)OCO5)OCC13)OCO2. The molecule has 5 fully saturated rings. The van der Waals surface area contributed by atoms with Gasteiger partial charge in [0.1, 0.15) is 0 Å². The van der Waals surface area contributed by atoms with E-state index in [9.17, 15) is 20.1 Å². The second-order valence-electron chi connectivity index (χ2n) is 20.1. The van der Waals surface area contributed by atoms with Crippen molar-refractivity contribution in [2.75, 3.05) is 26.8 Å². The first kappa shape index (κ1) is 38.8. The molecular formula is C49H58O10. The third kappa shape index (κ3) is 5.60. The number of carbonyl (C=O) groups is 1. The predicted molar refractivity (Wildman–Crippen MR) is 219 cm³/mol. The van der Waals surface area contributed by atoms with Crippen LogP contribution < -0.4 is 18.9 Å². The van der Waals surface area contributed by atoms with Crippen molar-refractivity contribution in [1.82, 2.24) is 0 Å². The lowest BCUT2D eigenvalue weighted by Gasteiger charge is -2.69. The standard InChI is InChI=1S/C29H40O4.C20H18O6/c1-17-18-7-8-21-27(4,19(18)15-20(30)23(17)31)12-14-29(6)22-16-26(3,24(32)33)10-9-25(22,2)11-13-28(21,29)5;1-3-15-17(25-9-23-15)5-11(1)19-13-7-22-20(14(13)8-21-19)12-2-4-16-18(6-12)26-10-24-16/h8,15,22,30-31H,7,9-14,16H2,1-6H3,(H,32,33);1-6,13-14,19-20H,7-10H2. The minimum absolute atomic E-state index is 0.00431. The van der Waals surface area contributed by atoms with Gasteiger partial charge in [-0.2, -0.15) is 0 Å². The number of hydrogen-bond acceptors (Lipinski definition) is 9. The number of ether oxygens (including phenoxy) is 6. The van der Waals surface area contributed by atoms with E-state index in [-0.39, 0.29) is 59.0 Å². The lowest BCUT2D eigenvalue weighted by atomic mass is 9.34. The number of carboxylic acid groups (broad SMARTS) is 1. The zero-order valence-electron chi connectivity index (χ0n) is 35.2. The molecule has 10 atom stereocenters. The molecule has 11 rings (SSSR count). The molecular weight excluding hydrogens is 749 g/mol. The molecule has 3 N–H and O–H groups in total. The monoisotopic (exact) mass is 806 g/mol. The van der Waals surface area contributed by atoms with Crippen LogP contribution >= 0.6 is 0 Å². The highest BCUT2D eigenvalue weighted by Gasteiger charge is 2.67. The quantitative estimate of drug-likeness (QED) is 0.174. The Balaban J connectivity index is 0.000000146. The van der Waals surface area contributed by atoms with E-state index in [0.717, 1.165) is 96.6 Å². The lowest BCUT2D eigenvalue weighted by Crippen LogP contribution is -2.62. The van der Waals surface area contributed by atoms with E-state index in [1.165, 1.54) is 11.1 Å². The van der Waals surface area contributed by atoms with Crippen molar-refractivity contribution in [1.29, 1.82) is 0 Å². The fraction of sp³-hybridized carbons (Fsp3) is 0.571. The number of phenolic OH excluding ortho intramolecular Hbond substituents is 2. The molecule has 0 spiro atoms. The summed E-state index contributed by atoms with van der Waals surface area (Å²) in [7, 11) is 0. The summed E-state index contributed by atoms with van der Waals surface area (Å²) >= 11 is 0. The predicted octanol–water partition coefficient (Wildman–Crippen LogP) is 9.86. The van der Waals surface area contributed by atoms with Crippen LogP contribution in [0, 0.1) is 46.3 Å². The summed E-state index contributed by atoms with van der Waals surface area (Å²) in [5, 5.41) is 30.9. The zero-order chi connectivity index (χ0) is 41.3. The number of phenols is 2. The van der Waals surface area contributed by atoms with Crippen LogP contribution in [0.15, 0.2) is 54.1 Å². The van der Waals surface area contributed by atoms with E-state index >= 15 is 0 Å². The van der Waals surface area contributed by atoms with Crippen LogP contribution in [-0.2, 0) is 26.1 Å². The van der Waals surface area contributed by atoms with Crippen molar-refractivity contribution >= 4 is 5.97 Å². The molecule has 10 nitrogen and oxygen atoms in total. The first-order valence-electron chi connectivity index (χ1n) is 21.6.